The molecule has 0 aliphatic carbocycles. The Bertz CT molecular complexity index is 512. The highest BCUT2D eigenvalue weighted by Crippen LogP contribution is 2.21. The number of thioether (sulfide) groups is 1. The zero-order valence-corrected chi connectivity index (χ0v) is 13.6. The number of nitrogens with one attached hydrogen (secondary N) is 1. The Morgan fingerprint density at radius 1 is 1.30 bits per heavy atom. The number of rotatable bonds is 8. The summed E-state index contributed by atoms with van der Waals surface area (Å²) in [5.74, 6) is 0.530. The molecule has 0 radical (unpaired) electrons. The molecule has 0 fully saturated rings. The third kappa shape index (κ3) is 5.32. The maximum Gasteiger partial charge on any atom is 0.240 e. The third-order valence-electron chi connectivity index (χ3n) is 2.73. The Kier molecular flexibility index (Phi) is 6.32. The van der Waals surface area contributed by atoms with Crippen LogP contribution in [-0.4, -0.2) is 44.3 Å². The van der Waals surface area contributed by atoms with E-state index >= 15 is 0 Å². The molecule has 2 N–H and O–H groups in total. The monoisotopic (exact) mass is 319 g/mol. The van der Waals surface area contributed by atoms with Crippen molar-refractivity contribution in [1.82, 2.24) is 4.72 Å². The van der Waals surface area contributed by atoms with Gasteiger partial charge < -0.3 is 9.84 Å². The first-order valence-corrected chi connectivity index (χ1v) is 8.90. The van der Waals surface area contributed by atoms with E-state index in [-0.39, 0.29) is 22.9 Å². The zero-order chi connectivity index (χ0) is 15.2. The number of hydrogen-bond donors (Lipinski definition) is 2. The Hall–Kier alpha value is -0.760. The highest BCUT2D eigenvalue weighted by Gasteiger charge is 2.21. The molecule has 0 heterocycles. The minimum atomic E-state index is -3.51. The molecule has 0 spiro atoms. The molecule has 0 saturated heterocycles. The van der Waals surface area contributed by atoms with Gasteiger partial charge in [-0.15, -0.1) is 0 Å². The van der Waals surface area contributed by atoms with Gasteiger partial charge in [-0.2, -0.15) is 11.8 Å². The van der Waals surface area contributed by atoms with Crippen molar-refractivity contribution in [3.8, 4) is 5.75 Å². The summed E-state index contributed by atoms with van der Waals surface area (Å²) in [7, 11) is -3.51. The van der Waals surface area contributed by atoms with Crippen LogP contribution in [0.1, 0.15) is 13.8 Å². The standard InChI is InChI=1S/C13H21NO4S2/c1-13(2,19-3)10-14-20(16,17)12-6-4-11(5-7-12)18-9-8-15/h4-7,14-15H,8-10H2,1-3H3. The normalized spacial score (nSPS) is 12.4. The summed E-state index contributed by atoms with van der Waals surface area (Å²) in [6, 6.07) is 6.12. The molecule has 0 aliphatic heterocycles. The lowest BCUT2D eigenvalue weighted by Gasteiger charge is -2.22. The van der Waals surface area contributed by atoms with Gasteiger partial charge in [0, 0.05) is 11.3 Å². The second-order valence-corrected chi connectivity index (χ2v) is 8.11. The van der Waals surface area contributed by atoms with Crippen LogP contribution < -0.4 is 9.46 Å². The first kappa shape index (κ1) is 17.3. The van der Waals surface area contributed by atoms with Crippen LogP contribution in [-0.2, 0) is 10.0 Å². The summed E-state index contributed by atoms with van der Waals surface area (Å²) in [5.41, 5.74) is 0. The van der Waals surface area contributed by atoms with E-state index in [2.05, 4.69) is 4.72 Å². The molecular weight excluding hydrogens is 298 g/mol. The van der Waals surface area contributed by atoms with E-state index in [0.29, 0.717) is 12.3 Å². The van der Waals surface area contributed by atoms with Crippen molar-refractivity contribution in [1.29, 1.82) is 0 Å². The zero-order valence-electron chi connectivity index (χ0n) is 11.9. The quantitative estimate of drug-likeness (QED) is 0.759. The fourth-order valence-electron chi connectivity index (χ4n) is 1.30. The van der Waals surface area contributed by atoms with Gasteiger partial charge in [-0.3, -0.25) is 0 Å². The number of sulfonamides is 1. The van der Waals surface area contributed by atoms with Crippen LogP contribution in [0.5, 0.6) is 5.75 Å². The van der Waals surface area contributed by atoms with E-state index in [1.54, 1.807) is 23.9 Å². The van der Waals surface area contributed by atoms with Gasteiger partial charge in [0.15, 0.2) is 0 Å². The lowest BCUT2D eigenvalue weighted by atomic mass is 10.2. The Balaban J connectivity index is 2.73. The molecule has 1 aromatic rings. The lowest BCUT2D eigenvalue weighted by Crippen LogP contribution is -2.36. The van der Waals surface area contributed by atoms with Gasteiger partial charge in [-0.25, -0.2) is 13.1 Å². The number of benzene rings is 1. The van der Waals surface area contributed by atoms with Crippen molar-refractivity contribution in [3.63, 3.8) is 0 Å². The average Bonchev–Trinajstić information content (AvgIpc) is 2.44. The summed E-state index contributed by atoms with van der Waals surface area (Å²) in [5, 5.41) is 8.65. The minimum Gasteiger partial charge on any atom is -0.491 e. The molecular formula is C13H21NO4S2. The van der Waals surface area contributed by atoms with E-state index in [0.717, 1.165) is 0 Å². The highest BCUT2D eigenvalue weighted by molar-refractivity contribution is 8.00. The molecule has 114 valence electrons. The smallest absolute Gasteiger partial charge is 0.240 e. The van der Waals surface area contributed by atoms with Crippen LogP contribution in [0, 0.1) is 0 Å². The molecule has 0 amide bonds. The maximum absolute atomic E-state index is 12.1. The van der Waals surface area contributed by atoms with E-state index in [1.165, 1.54) is 12.1 Å². The summed E-state index contributed by atoms with van der Waals surface area (Å²) >= 11 is 1.60. The molecule has 7 heteroatoms. The van der Waals surface area contributed by atoms with E-state index < -0.39 is 10.0 Å². The molecule has 0 aromatic heterocycles. The molecule has 20 heavy (non-hydrogen) atoms. The molecule has 0 unspecified atom stereocenters. The molecule has 0 saturated carbocycles. The predicted molar refractivity (Wildman–Crippen MR) is 81.8 cm³/mol. The summed E-state index contributed by atoms with van der Waals surface area (Å²) < 4.78 is 31.9. The Labute approximate surface area is 124 Å². The van der Waals surface area contributed by atoms with Crippen molar-refractivity contribution < 1.29 is 18.3 Å². The van der Waals surface area contributed by atoms with Gasteiger partial charge >= 0.3 is 0 Å². The molecule has 0 atom stereocenters. The van der Waals surface area contributed by atoms with E-state index in [1.807, 2.05) is 20.1 Å². The van der Waals surface area contributed by atoms with Crippen molar-refractivity contribution in [2.45, 2.75) is 23.5 Å². The van der Waals surface area contributed by atoms with Gasteiger partial charge in [-0.05, 0) is 44.4 Å². The van der Waals surface area contributed by atoms with Crippen LogP contribution >= 0.6 is 11.8 Å². The van der Waals surface area contributed by atoms with E-state index in [9.17, 15) is 8.42 Å². The minimum absolute atomic E-state index is 0.0780. The molecule has 0 bridgehead atoms. The maximum atomic E-state index is 12.1. The summed E-state index contributed by atoms with van der Waals surface area (Å²) in [6.07, 6.45) is 1.95. The first-order valence-electron chi connectivity index (χ1n) is 6.19. The second-order valence-electron chi connectivity index (χ2n) is 4.83. The predicted octanol–water partition coefficient (Wildman–Crippen LogP) is 1.48. The third-order valence-corrected chi connectivity index (χ3v) is 5.40. The first-order chi connectivity index (χ1) is 9.30. The highest BCUT2D eigenvalue weighted by atomic mass is 32.2. The topological polar surface area (TPSA) is 75.6 Å². The Morgan fingerprint density at radius 3 is 2.40 bits per heavy atom. The second kappa shape index (κ2) is 7.31. The van der Waals surface area contributed by atoms with Crippen LogP contribution in [0.2, 0.25) is 0 Å². The fourth-order valence-corrected chi connectivity index (χ4v) is 2.82. The number of aliphatic hydroxyl groups excluding tert-OH is 1. The average molecular weight is 319 g/mol. The SMILES string of the molecule is CSC(C)(C)CNS(=O)(=O)c1ccc(OCCO)cc1. The van der Waals surface area contributed by atoms with Crippen LogP contribution in [0.4, 0.5) is 0 Å². The molecule has 1 aromatic carbocycles. The van der Waals surface area contributed by atoms with Crippen molar-refractivity contribution in [2.75, 3.05) is 26.0 Å². The number of ether oxygens (including phenoxy) is 1. The van der Waals surface area contributed by atoms with Gasteiger partial charge in [0.25, 0.3) is 0 Å². The van der Waals surface area contributed by atoms with Gasteiger partial charge in [0.1, 0.15) is 12.4 Å². The Morgan fingerprint density at radius 2 is 1.90 bits per heavy atom. The summed E-state index contributed by atoms with van der Waals surface area (Å²) in [6.45, 7) is 4.43. The van der Waals surface area contributed by atoms with Crippen molar-refractivity contribution in [2.24, 2.45) is 0 Å². The molecule has 1 rings (SSSR count). The number of hydrogen-bond acceptors (Lipinski definition) is 5. The van der Waals surface area contributed by atoms with Crippen LogP contribution in [0.3, 0.4) is 0 Å². The van der Waals surface area contributed by atoms with Gasteiger partial charge in [0.2, 0.25) is 10.0 Å². The fraction of sp³-hybridized carbons (Fsp3) is 0.538. The van der Waals surface area contributed by atoms with Gasteiger partial charge in [0.05, 0.1) is 11.5 Å². The van der Waals surface area contributed by atoms with Crippen LogP contribution in [0.25, 0.3) is 0 Å². The largest absolute Gasteiger partial charge is 0.491 e. The van der Waals surface area contributed by atoms with E-state index in [4.69, 9.17) is 9.84 Å². The van der Waals surface area contributed by atoms with Crippen LogP contribution in [0.15, 0.2) is 29.2 Å². The summed E-state index contributed by atoms with van der Waals surface area (Å²) in [4.78, 5) is 0.200. The van der Waals surface area contributed by atoms with Crippen molar-refractivity contribution >= 4 is 21.8 Å². The molecule has 5 nitrogen and oxygen atoms in total. The number of aliphatic hydroxyl groups is 1. The van der Waals surface area contributed by atoms with Gasteiger partial charge in [-0.1, -0.05) is 0 Å². The lowest BCUT2D eigenvalue weighted by molar-refractivity contribution is 0.201. The van der Waals surface area contributed by atoms with Crippen molar-refractivity contribution in [3.05, 3.63) is 24.3 Å². The molecule has 0 aliphatic rings.